The molecule has 0 spiro atoms. The van der Waals surface area contributed by atoms with Crippen LogP contribution in [0.1, 0.15) is 35.3 Å². The van der Waals surface area contributed by atoms with Gasteiger partial charge in [0, 0.05) is 32.3 Å². The zero-order valence-electron chi connectivity index (χ0n) is 11.9. The van der Waals surface area contributed by atoms with Crippen molar-refractivity contribution in [2.45, 2.75) is 25.3 Å². The van der Waals surface area contributed by atoms with Crippen molar-refractivity contribution < 1.29 is 9.59 Å². The zero-order chi connectivity index (χ0) is 15.0. The van der Waals surface area contributed by atoms with E-state index in [9.17, 15) is 9.59 Å². The van der Waals surface area contributed by atoms with Gasteiger partial charge in [0.2, 0.25) is 5.91 Å². The average molecular weight is 286 g/mol. The number of hydrogen-bond acceptors (Lipinski definition) is 3. The summed E-state index contributed by atoms with van der Waals surface area (Å²) in [6.07, 6.45) is 3.92. The molecule has 110 valence electrons. The van der Waals surface area contributed by atoms with Gasteiger partial charge in [-0.3, -0.25) is 9.59 Å². The van der Waals surface area contributed by atoms with Crippen LogP contribution in [0.4, 0.5) is 0 Å². The molecule has 2 N–H and O–H groups in total. The maximum Gasteiger partial charge on any atom is 0.270 e. The number of carbonyl (C=O) groups excluding carboxylic acids is 2. The third-order valence-corrected chi connectivity index (χ3v) is 4.74. The topological polar surface area (TPSA) is 89.0 Å². The van der Waals surface area contributed by atoms with Gasteiger partial charge in [-0.25, -0.2) is 0 Å². The number of aromatic amines is 1. The lowest BCUT2D eigenvalue weighted by Gasteiger charge is -2.24. The van der Waals surface area contributed by atoms with Crippen molar-refractivity contribution >= 4 is 11.8 Å². The van der Waals surface area contributed by atoms with Crippen LogP contribution in [0.5, 0.6) is 0 Å². The van der Waals surface area contributed by atoms with E-state index >= 15 is 0 Å². The smallest absolute Gasteiger partial charge is 0.270 e. The highest BCUT2D eigenvalue weighted by molar-refractivity contribution is 5.93. The molecule has 1 aromatic rings. The Labute approximate surface area is 123 Å². The maximum absolute atomic E-state index is 12.4. The van der Waals surface area contributed by atoms with Gasteiger partial charge in [-0.1, -0.05) is 0 Å². The summed E-state index contributed by atoms with van der Waals surface area (Å²) >= 11 is 0. The van der Waals surface area contributed by atoms with E-state index in [-0.39, 0.29) is 17.9 Å². The summed E-state index contributed by atoms with van der Waals surface area (Å²) in [5.41, 5.74) is 0.903. The van der Waals surface area contributed by atoms with Crippen molar-refractivity contribution in [2.75, 3.05) is 13.6 Å². The number of hydrogen-bond donors (Lipinski definition) is 2. The highest BCUT2D eigenvalue weighted by Gasteiger charge is 2.40. The largest absolute Gasteiger partial charge is 0.356 e. The highest BCUT2D eigenvalue weighted by atomic mass is 16.2. The Balaban J connectivity index is 1.68. The first kappa shape index (κ1) is 13.7. The third-order valence-electron chi connectivity index (χ3n) is 4.74. The van der Waals surface area contributed by atoms with Crippen LogP contribution in [-0.2, 0) is 4.79 Å². The number of H-pyrrole nitrogens is 1. The Morgan fingerprint density at radius 2 is 2.19 bits per heavy atom. The van der Waals surface area contributed by atoms with Gasteiger partial charge in [0.1, 0.15) is 11.8 Å². The van der Waals surface area contributed by atoms with E-state index in [1.54, 1.807) is 18.0 Å². The van der Waals surface area contributed by atoms with Crippen LogP contribution in [0, 0.1) is 23.2 Å². The van der Waals surface area contributed by atoms with Crippen molar-refractivity contribution in [1.82, 2.24) is 15.2 Å². The van der Waals surface area contributed by atoms with E-state index in [4.69, 9.17) is 5.26 Å². The van der Waals surface area contributed by atoms with Crippen molar-refractivity contribution in [2.24, 2.45) is 11.8 Å². The lowest BCUT2D eigenvalue weighted by atomic mass is 9.89. The molecule has 2 heterocycles. The summed E-state index contributed by atoms with van der Waals surface area (Å²) in [7, 11) is 1.80. The lowest BCUT2D eigenvalue weighted by Crippen LogP contribution is -2.38. The molecular weight excluding hydrogens is 268 g/mol. The number of nitrogens with one attached hydrogen (secondary N) is 2. The van der Waals surface area contributed by atoms with E-state index in [0.29, 0.717) is 29.5 Å². The second kappa shape index (κ2) is 5.24. The summed E-state index contributed by atoms with van der Waals surface area (Å²) in [6.45, 7) is 0.725. The standard InChI is InChI=1S/C15H18N4O2/c1-19(15(21)13-2-9(6-16)7-17-13)12-3-10-5-14(20)18-8-11(10)4-12/h2,7,10-12,17H,3-5,8H2,1H3,(H,18,20)/t10-,11+,12-/m1/s1. The molecule has 1 aliphatic heterocycles. The first-order valence-electron chi connectivity index (χ1n) is 7.21. The van der Waals surface area contributed by atoms with Gasteiger partial charge >= 0.3 is 0 Å². The molecule has 1 aliphatic carbocycles. The molecule has 3 rings (SSSR count). The molecule has 1 saturated heterocycles. The van der Waals surface area contributed by atoms with Crippen molar-refractivity contribution in [3.8, 4) is 6.07 Å². The predicted molar refractivity (Wildman–Crippen MR) is 75.2 cm³/mol. The number of nitrogens with zero attached hydrogens (tertiary/aromatic N) is 2. The van der Waals surface area contributed by atoms with E-state index in [1.165, 1.54) is 6.20 Å². The summed E-state index contributed by atoms with van der Waals surface area (Å²) in [5, 5.41) is 11.7. The summed E-state index contributed by atoms with van der Waals surface area (Å²) in [6, 6.07) is 3.74. The fourth-order valence-corrected chi connectivity index (χ4v) is 3.49. The average Bonchev–Trinajstić information content (AvgIpc) is 3.11. The first-order valence-corrected chi connectivity index (χ1v) is 7.21. The van der Waals surface area contributed by atoms with Crippen LogP contribution in [-0.4, -0.2) is 41.3 Å². The summed E-state index contributed by atoms with van der Waals surface area (Å²) in [4.78, 5) is 28.5. The zero-order valence-corrected chi connectivity index (χ0v) is 11.9. The fraction of sp³-hybridized carbons (Fsp3) is 0.533. The molecule has 0 aromatic carbocycles. The number of rotatable bonds is 2. The molecule has 0 radical (unpaired) electrons. The lowest BCUT2D eigenvalue weighted by molar-refractivity contribution is -0.124. The van der Waals surface area contributed by atoms with Crippen LogP contribution in [0.2, 0.25) is 0 Å². The second-order valence-corrected chi connectivity index (χ2v) is 5.98. The second-order valence-electron chi connectivity index (χ2n) is 5.98. The van der Waals surface area contributed by atoms with Crippen LogP contribution in [0.25, 0.3) is 0 Å². The fourth-order valence-electron chi connectivity index (χ4n) is 3.49. The minimum Gasteiger partial charge on any atom is -0.356 e. The van der Waals surface area contributed by atoms with Gasteiger partial charge in [0.15, 0.2) is 0 Å². The van der Waals surface area contributed by atoms with Gasteiger partial charge < -0.3 is 15.2 Å². The molecule has 3 atom stereocenters. The normalized spacial score (nSPS) is 27.6. The third kappa shape index (κ3) is 2.51. The molecule has 0 bridgehead atoms. The monoisotopic (exact) mass is 286 g/mol. The first-order chi connectivity index (χ1) is 10.1. The van der Waals surface area contributed by atoms with Crippen molar-refractivity contribution in [3.63, 3.8) is 0 Å². The number of piperidine rings is 1. The Hall–Kier alpha value is -2.29. The molecule has 2 aliphatic rings. The Bertz CT molecular complexity index is 615. The minimum atomic E-state index is -0.0977. The number of carbonyl (C=O) groups is 2. The molecule has 1 aromatic heterocycles. The van der Waals surface area contributed by atoms with E-state index < -0.39 is 0 Å². The number of fused-ring (bicyclic) bond motifs is 1. The van der Waals surface area contributed by atoms with E-state index in [2.05, 4.69) is 10.3 Å². The van der Waals surface area contributed by atoms with Crippen molar-refractivity contribution in [1.29, 1.82) is 5.26 Å². The van der Waals surface area contributed by atoms with Crippen LogP contribution >= 0.6 is 0 Å². The Morgan fingerprint density at radius 1 is 1.43 bits per heavy atom. The van der Waals surface area contributed by atoms with Crippen molar-refractivity contribution in [3.05, 3.63) is 23.5 Å². The van der Waals surface area contributed by atoms with Gasteiger partial charge in [-0.05, 0) is 30.7 Å². The maximum atomic E-state index is 12.4. The van der Waals surface area contributed by atoms with E-state index in [1.807, 2.05) is 6.07 Å². The van der Waals surface area contributed by atoms with Gasteiger partial charge in [0.25, 0.3) is 5.91 Å². The summed E-state index contributed by atoms with van der Waals surface area (Å²) < 4.78 is 0. The minimum absolute atomic E-state index is 0.0977. The van der Waals surface area contributed by atoms with Gasteiger partial charge in [0.05, 0.1) is 5.56 Å². The molecule has 2 amide bonds. The summed E-state index contributed by atoms with van der Waals surface area (Å²) in [5.74, 6) is 0.881. The van der Waals surface area contributed by atoms with Crippen LogP contribution in [0.3, 0.4) is 0 Å². The molecule has 2 fully saturated rings. The number of nitriles is 1. The van der Waals surface area contributed by atoms with Crippen LogP contribution < -0.4 is 5.32 Å². The number of amides is 2. The van der Waals surface area contributed by atoms with Gasteiger partial charge in [-0.15, -0.1) is 0 Å². The van der Waals surface area contributed by atoms with E-state index in [0.717, 1.165) is 19.4 Å². The molecule has 0 unspecified atom stereocenters. The molecule has 6 nitrogen and oxygen atoms in total. The molecule has 21 heavy (non-hydrogen) atoms. The quantitative estimate of drug-likeness (QED) is 0.845. The predicted octanol–water partition coefficient (Wildman–Crippen LogP) is 0.873. The number of aromatic nitrogens is 1. The molecular formula is C15H18N4O2. The Morgan fingerprint density at radius 3 is 2.90 bits per heavy atom. The molecule has 1 saturated carbocycles. The SMILES string of the molecule is CN(C(=O)c1cc(C#N)c[nH]1)[C@H]1C[C@H]2CNC(=O)C[C@H]2C1. The Kier molecular flexibility index (Phi) is 3.42. The highest BCUT2D eigenvalue weighted by Crippen LogP contribution is 2.38. The van der Waals surface area contributed by atoms with Crippen LogP contribution in [0.15, 0.2) is 12.3 Å². The molecule has 6 heteroatoms. The van der Waals surface area contributed by atoms with Gasteiger partial charge in [-0.2, -0.15) is 5.26 Å².